The molecule has 1 aliphatic carbocycles. The lowest BCUT2D eigenvalue weighted by atomic mass is 9.75. The maximum Gasteiger partial charge on any atom is 0.0620 e. The number of aliphatic hydroxyl groups is 1. The van der Waals surface area contributed by atoms with Gasteiger partial charge < -0.3 is 10.0 Å². The van der Waals surface area contributed by atoms with Crippen LogP contribution in [0.1, 0.15) is 33.1 Å². The Morgan fingerprint density at radius 2 is 1.88 bits per heavy atom. The molecule has 3 heteroatoms. The number of aliphatic hydroxyl groups excluding tert-OH is 1. The summed E-state index contributed by atoms with van der Waals surface area (Å²) in [4.78, 5) is 2.58. The molecule has 0 spiro atoms. The van der Waals surface area contributed by atoms with Gasteiger partial charge in [-0.15, -0.1) is 0 Å². The molecule has 1 saturated heterocycles. The van der Waals surface area contributed by atoms with E-state index in [1.54, 1.807) is 0 Å². The van der Waals surface area contributed by atoms with Gasteiger partial charge in [0.25, 0.3) is 0 Å². The quantitative estimate of drug-likeness (QED) is 0.819. The fourth-order valence-corrected chi connectivity index (χ4v) is 3.94. The lowest BCUT2D eigenvalue weighted by molar-refractivity contribution is -0.0474. The highest BCUT2D eigenvalue weighted by molar-refractivity contribution is 7.99. The number of rotatable bonds is 4. The van der Waals surface area contributed by atoms with Gasteiger partial charge in [-0.1, -0.05) is 20.3 Å². The third-order valence-electron chi connectivity index (χ3n) is 3.96. The molecule has 16 heavy (non-hydrogen) atoms. The van der Waals surface area contributed by atoms with Gasteiger partial charge in [-0.25, -0.2) is 0 Å². The fourth-order valence-electron chi connectivity index (χ4n) is 3.11. The molecule has 2 bridgehead atoms. The van der Waals surface area contributed by atoms with Crippen molar-refractivity contribution in [3.8, 4) is 0 Å². The largest absolute Gasteiger partial charge is 0.392 e. The SMILES string of the molecule is CC(C)SCCN1C[C@H]2CCC[C@@H](C1)C2O. The molecule has 1 saturated carbocycles. The summed E-state index contributed by atoms with van der Waals surface area (Å²) in [5, 5.41) is 10.8. The Morgan fingerprint density at radius 3 is 2.44 bits per heavy atom. The number of likely N-dealkylation sites (tertiary alicyclic amines) is 1. The molecule has 0 aromatic heterocycles. The van der Waals surface area contributed by atoms with Crippen molar-refractivity contribution >= 4 is 11.8 Å². The van der Waals surface area contributed by atoms with E-state index in [0.29, 0.717) is 11.8 Å². The number of fused-ring (bicyclic) bond motifs is 2. The molecule has 0 amide bonds. The molecule has 2 fully saturated rings. The predicted molar refractivity (Wildman–Crippen MR) is 70.9 cm³/mol. The smallest absolute Gasteiger partial charge is 0.0620 e. The maximum atomic E-state index is 10.1. The van der Waals surface area contributed by atoms with Crippen LogP contribution in [-0.4, -0.2) is 46.7 Å². The molecule has 2 rings (SSSR count). The Bertz CT molecular complexity index is 208. The summed E-state index contributed by atoms with van der Waals surface area (Å²) in [6, 6.07) is 0. The van der Waals surface area contributed by atoms with Crippen LogP contribution in [0.25, 0.3) is 0 Å². The molecule has 2 nitrogen and oxygen atoms in total. The van der Waals surface area contributed by atoms with E-state index in [2.05, 4.69) is 18.7 Å². The third kappa shape index (κ3) is 3.14. The molecule has 1 aliphatic heterocycles. The van der Waals surface area contributed by atoms with E-state index in [-0.39, 0.29) is 6.10 Å². The zero-order chi connectivity index (χ0) is 11.5. The lowest BCUT2D eigenvalue weighted by Gasteiger charge is -2.45. The van der Waals surface area contributed by atoms with Crippen LogP contribution in [0.5, 0.6) is 0 Å². The molecule has 1 N–H and O–H groups in total. The van der Waals surface area contributed by atoms with Crippen molar-refractivity contribution in [3.05, 3.63) is 0 Å². The second-order valence-electron chi connectivity index (χ2n) is 5.62. The Labute approximate surface area is 104 Å². The summed E-state index contributed by atoms with van der Waals surface area (Å²) in [7, 11) is 0. The monoisotopic (exact) mass is 243 g/mol. The van der Waals surface area contributed by atoms with Gasteiger partial charge in [0.05, 0.1) is 6.10 Å². The van der Waals surface area contributed by atoms with E-state index >= 15 is 0 Å². The summed E-state index contributed by atoms with van der Waals surface area (Å²) >= 11 is 2.05. The van der Waals surface area contributed by atoms with E-state index in [4.69, 9.17) is 0 Å². The average molecular weight is 243 g/mol. The van der Waals surface area contributed by atoms with Crippen LogP contribution in [0.15, 0.2) is 0 Å². The summed E-state index contributed by atoms with van der Waals surface area (Å²) in [5.74, 6) is 2.38. The van der Waals surface area contributed by atoms with E-state index in [0.717, 1.165) is 18.3 Å². The van der Waals surface area contributed by atoms with Gasteiger partial charge in [0.15, 0.2) is 0 Å². The first-order valence-electron chi connectivity index (χ1n) is 6.69. The Morgan fingerprint density at radius 1 is 1.25 bits per heavy atom. The zero-order valence-corrected chi connectivity index (χ0v) is 11.4. The van der Waals surface area contributed by atoms with Crippen molar-refractivity contribution < 1.29 is 5.11 Å². The Hall–Kier alpha value is 0.270. The number of nitrogens with zero attached hydrogens (tertiary/aromatic N) is 1. The van der Waals surface area contributed by atoms with Crippen LogP contribution in [0, 0.1) is 11.8 Å². The van der Waals surface area contributed by atoms with Crippen LogP contribution in [0.4, 0.5) is 0 Å². The van der Waals surface area contributed by atoms with E-state index in [9.17, 15) is 5.11 Å². The van der Waals surface area contributed by atoms with Crippen LogP contribution in [0.2, 0.25) is 0 Å². The van der Waals surface area contributed by atoms with E-state index in [1.165, 1.54) is 31.6 Å². The zero-order valence-electron chi connectivity index (χ0n) is 10.6. The van der Waals surface area contributed by atoms with Crippen molar-refractivity contribution in [3.63, 3.8) is 0 Å². The Balaban J connectivity index is 1.76. The Kier molecular flexibility index (Phi) is 4.57. The highest BCUT2D eigenvalue weighted by Gasteiger charge is 2.37. The van der Waals surface area contributed by atoms with Crippen molar-refractivity contribution in [1.82, 2.24) is 4.90 Å². The van der Waals surface area contributed by atoms with Gasteiger partial charge in [0.1, 0.15) is 0 Å². The molecular formula is C13H25NOS. The average Bonchev–Trinajstić information content (AvgIpc) is 2.18. The van der Waals surface area contributed by atoms with Crippen molar-refractivity contribution in [1.29, 1.82) is 0 Å². The van der Waals surface area contributed by atoms with Crippen molar-refractivity contribution in [2.75, 3.05) is 25.4 Å². The highest BCUT2D eigenvalue weighted by Crippen LogP contribution is 2.34. The van der Waals surface area contributed by atoms with E-state index in [1.807, 2.05) is 11.8 Å². The summed E-state index contributed by atoms with van der Waals surface area (Å²) in [6.45, 7) is 8.01. The highest BCUT2D eigenvalue weighted by atomic mass is 32.2. The van der Waals surface area contributed by atoms with Gasteiger partial charge in [-0.3, -0.25) is 0 Å². The summed E-state index contributed by atoms with van der Waals surface area (Å²) in [5.41, 5.74) is 0. The normalized spacial score (nSPS) is 35.6. The molecule has 0 aromatic rings. The van der Waals surface area contributed by atoms with Gasteiger partial charge in [-0.05, 0) is 29.9 Å². The first-order valence-corrected chi connectivity index (χ1v) is 7.73. The molecule has 2 aliphatic rings. The molecule has 0 aromatic carbocycles. The number of piperidine rings is 1. The molecule has 94 valence electrons. The van der Waals surface area contributed by atoms with Crippen molar-refractivity contribution in [2.45, 2.75) is 44.5 Å². The van der Waals surface area contributed by atoms with Crippen LogP contribution in [0.3, 0.4) is 0 Å². The molecule has 1 unspecified atom stereocenters. The third-order valence-corrected chi connectivity index (χ3v) is 5.04. The maximum absolute atomic E-state index is 10.1. The molecule has 1 heterocycles. The van der Waals surface area contributed by atoms with Crippen molar-refractivity contribution in [2.24, 2.45) is 11.8 Å². The first kappa shape index (κ1) is 12.7. The van der Waals surface area contributed by atoms with Crippen LogP contribution >= 0.6 is 11.8 Å². The molecule has 3 atom stereocenters. The van der Waals surface area contributed by atoms with E-state index < -0.39 is 0 Å². The van der Waals surface area contributed by atoms with Gasteiger partial charge in [0.2, 0.25) is 0 Å². The van der Waals surface area contributed by atoms with Crippen LogP contribution < -0.4 is 0 Å². The van der Waals surface area contributed by atoms with Crippen LogP contribution in [-0.2, 0) is 0 Å². The fraction of sp³-hybridized carbons (Fsp3) is 1.00. The topological polar surface area (TPSA) is 23.5 Å². The lowest BCUT2D eigenvalue weighted by Crippen LogP contribution is -2.51. The second-order valence-corrected chi connectivity index (χ2v) is 7.31. The minimum Gasteiger partial charge on any atom is -0.392 e. The standard InChI is InChI=1S/C13H25NOS/c1-10(2)16-7-6-14-8-11-4-3-5-12(9-14)13(11)15/h10-13,15H,3-9H2,1-2H3/t11-,12+,13?. The minimum absolute atomic E-state index is 0.00255. The summed E-state index contributed by atoms with van der Waals surface area (Å²) < 4.78 is 0. The first-order chi connectivity index (χ1) is 7.66. The number of thioether (sulfide) groups is 1. The molecule has 0 radical (unpaired) electrons. The van der Waals surface area contributed by atoms with Gasteiger partial charge >= 0.3 is 0 Å². The summed E-state index contributed by atoms with van der Waals surface area (Å²) in [6.07, 6.45) is 3.82. The van der Waals surface area contributed by atoms with Gasteiger partial charge in [0, 0.05) is 25.4 Å². The minimum atomic E-state index is 0.00255. The number of hydrogen-bond acceptors (Lipinski definition) is 3. The predicted octanol–water partition coefficient (Wildman–Crippen LogP) is 2.22. The molecular weight excluding hydrogens is 218 g/mol. The van der Waals surface area contributed by atoms with Gasteiger partial charge in [-0.2, -0.15) is 11.8 Å². The second kappa shape index (κ2) is 5.74. The number of hydrogen-bond donors (Lipinski definition) is 1.